The van der Waals surface area contributed by atoms with Gasteiger partial charge in [-0.05, 0) is 28.7 Å². The highest BCUT2D eigenvalue weighted by Gasteiger charge is 2.19. The molecule has 7 heteroatoms. The molecule has 0 aliphatic carbocycles. The number of carboxylic acids is 1. The fourth-order valence-corrected chi connectivity index (χ4v) is 2.61. The Kier molecular flexibility index (Phi) is 5.95. The SMILES string of the molecule is CC(C)(C)c1ccc(C(CC(=O)[O-])NC(=O)c2ccc([N+](=O)[O-])cc2)cc1. The molecule has 0 aliphatic rings. The van der Waals surface area contributed by atoms with Gasteiger partial charge in [0.15, 0.2) is 0 Å². The van der Waals surface area contributed by atoms with Crippen molar-refractivity contribution in [3.63, 3.8) is 0 Å². The average molecular weight is 369 g/mol. The molecule has 0 radical (unpaired) electrons. The second-order valence-corrected chi connectivity index (χ2v) is 7.28. The molecule has 1 unspecified atom stereocenters. The van der Waals surface area contributed by atoms with E-state index in [1.165, 1.54) is 24.3 Å². The number of nitrogens with one attached hydrogen (secondary N) is 1. The van der Waals surface area contributed by atoms with Gasteiger partial charge in [0, 0.05) is 30.1 Å². The predicted octanol–water partition coefficient (Wildman–Crippen LogP) is 2.50. The van der Waals surface area contributed by atoms with Crippen LogP contribution in [0.2, 0.25) is 0 Å². The summed E-state index contributed by atoms with van der Waals surface area (Å²) in [6.07, 6.45) is -0.381. The number of hydrogen-bond donors (Lipinski definition) is 1. The number of nitro benzene ring substituents is 1. The maximum Gasteiger partial charge on any atom is 0.269 e. The molecule has 7 nitrogen and oxygen atoms in total. The smallest absolute Gasteiger partial charge is 0.269 e. The summed E-state index contributed by atoms with van der Waals surface area (Å²) in [6.45, 7) is 6.20. The highest BCUT2D eigenvalue weighted by Crippen LogP contribution is 2.25. The van der Waals surface area contributed by atoms with Gasteiger partial charge in [0.1, 0.15) is 0 Å². The lowest BCUT2D eigenvalue weighted by molar-refractivity contribution is -0.384. The topological polar surface area (TPSA) is 112 Å². The number of non-ortho nitro benzene ring substituents is 1. The van der Waals surface area contributed by atoms with Crippen molar-refractivity contribution in [2.24, 2.45) is 0 Å². The summed E-state index contributed by atoms with van der Waals surface area (Å²) in [5.74, 6) is -1.81. The van der Waals surface area contributed by atoms with Crippen LogP contribution in [0.25, 0.3) is 0 Å². The monoisotopic (exact) mass is 369 g/mol. The summed E-state index contributed by atoms with van der Waals surface area (Å²) in [5.41, 5.74) is 1.75. The van der Waals surface area contributed by atoms with Gasteiger partial charge in [0.25, 0.3) is 11.6 Å². The fourth-order valence-electron chi connectivity index (χ4n) is 2.61. The summed E-state index contributed by atoms with van der Waals surface area (Å²) in [4.78, 5) is 33.7. The van der Waals surface area contributed by atoms with E-state index in [4.69, 9.17) is 0 Å². The van der Waals surface area contributed by atoms with Crippen LogP contribution in [-0.4, -0.2) is 16.8 Å². The summed E-state index contributed by atoms with van der Waals surface area (Å²) in [7, 11) is 0. The lowest BCUT2D eigenvalue weighted by atomic mass is 9.86. The Morgan fingerprint density at radius 1 is 1.04 bits per heavy atom. The van der Waals surface area contributed by atoms with Crippen LogP contribution in [0.3, 0.4) is 0 Å². The van der Waals surface area contributed by atoms with Crippen LogP contribution < -0.4 is 10.4 Å². The number of carbonyl (C=O) groups is 2. The molecule has 0 aromatic heterocycles. The number of nitro groups is 1. The number of nitrogens with zero attached hydrogens (tertiary/aromatic N) is 1. The molecule has 1 N–H and O–H groups in total. The second kappa shape index (κ2) is 7.99. The molecule has 1 amide bonds. The Hall–Kier alpha value is -3.22. The van der Waals surface area contributed by atoms with Crippen molar-refractivity contribution in [2.75, 3.05) is 0 Å². The maximum atomic E-state index is 12.4. The third-order valence-corrected chi connectivity index (χ3v) is 4.20. The van der Waals surface area contributed by atoms with Crippen LogP contribution in [0.1, 0.15) is 54.7 Å². The molecule has 0 bridgehead atoms. The Labute approximate surface area is 157 Å². The second-order valence-electron chi connectivity index (χ2n) is 7.28. The van der Waals surface area contributed by atoms with E-state index in [1.54, 1.807) is 12.1 Å². The molecule has 2 rings (SSSR count). The van der Waals surface area contributed by atoms with E-state index < -0.39 is 22.8 Å². The number of carbonyl (C=O) groups excluding carboxylic acids is 2. The first kappa shape index (κ1) is 20.1. The maximum absolute atomic E-state index is 12.4. The van der Waals surface area contributed by atoms with Gasteiger partial charge in [-0.1, -0.05) is 45.0 Å². The zero-order valence-electron chi connectivity index (χ0n) is 15.4. The third-order valence-electron chi connectivity index (χ3n) is 4.20. The number of amides is 1. The first-order valence-corrected chi connectivity index (χ1v) is 8.43. The molecule has 0 aliphatic heterocycles. The van der Waals surface area contributed by atoms with E-state index in [0.29, 0.717) is 5.56 Å². The first-order chi connectivity index (χ1) is 12.6. The molecule has 1 atom stereocenters. The standard InChI is InChI=1S/C20H22N2O5/c1-20(2,3)15-8-4-13(5-9-15)17(12-18(23)24)21-19(25)14-6-10-16(11-7-14)22(26)27/h4-11,17H,12H2,1-3H3,(H,21,25)(H,23,24)/p-1. The van der Waals surface area contributed by atoms with Crippen molar-refractivity contribution < 1.29 is 19.6 Å². The van der Waals surface area contributed by atoms with E-state index in [9.17, 15) is 24.8 Å². The third kappa shape index (κ3) is 5.37. The van der Waals surface area contributed by atoms with E-state index in [-0.39, 0.29) is 23.1 Å². The Morgan fingerprint density at radius 3 is 2.04 bits per heavy atom. The zero-order valence-corrected chi connectivity index (χ0v) is 15.4. The van der Waals surface area contributed by atoms with Gasteiger partial charge in [0.2, 0.25) is 0 Å². The molecule has 0 heterocycles. The minimum Gasteiger partial charge on any atom is -0.550 e. The molecular weight excluding hydrogens is 348 g/mol. The van der Waals surface area contributed by atoms with E-state index >= 15 is 0 Å². The minimum atomic E-state index is -1.29. The van der Waals surface area contributed by atoms with Crippen molar-refractivity contribution >= 4 is 17.6 Å². The summed E-state index contributed by atoms with van der Waals surface area (Å²) < 4.78 is 0. The Balaban J connectivity index is 2.22. The minimum absolute atomic E-state index is 0.0512. The van der Waals surface area contributed by atoms with Gasteiger partial charge < -0.3 is 15.2 Å². The molecule has 0 saturated carbocycles. The van der Waals surface area contributed by atoms with Crippen LogP contribution in [0.4, 0.5) is 5.69 Å². The van der Waals surface area contributed by atoms with E-state index in [2.05, 4.69) is 26.1 Å². The van der Waals surface area contributed by atoms with Crippen molar-refractivity contribution in [1.82, 2.24) is 5.32 Å². The van der Waals surface area contributed by atoms with E-state index in [1.807, 2.05) is 12.1 Å². The molecule has 2 aromatic carbocycles. The lowest BCUT2D eigenvalue weighted by Crippen LogP contribution is -2.34. The summed E-state index contributed by atoms with van der Waals surface area (Å²) in [5, 5.41) is 24.5. The van der Waals surface area contributed by atoms with Crippen LogP contribution in [0.15, 0.2) is 48.5 Å². The summed E-state index contributed by atoms with van der Waals surface area (Å²) in [6, 6.07) is 11.7. The Bertz CT molecular complexity index is 836. The molecule has 0 spiro atoms. The Morgan fingerprint density at radius 2 is 1.59 bits per heavy atom. The number of rotatable bonds is 6. The lowest BCUT2D eigenvalue weighted by Gasteiger charge is -2.23. The average Bonchev–Trinajstić information content (AvgIpc) is 2.60. The molecular formula is C20H21N2O5-. The van der Waals surface area contributed by atoms with Gasteiger partial charge in [-0.3, -0.25) is 14.9 Å². The molecule has 142 valence electrons. The van der Waals surface area contributed by atoms with Crippen LogP contribution in [0, 0.1) is 10.1 Å². The number of hydrogen-bond acceptors (Lipinski definition) is 5. The van der Waals surface area contributed by atoms with Gasteiger partial charge in [-0.2, -0.15) is 0 Å². The highest BCUT2D eigenvalue weighted by atomic mass is 16.6. The van der Waals surface area contributed by atoms with Gasteiger partial charge in [-0.25, -0.2) is 0 Å². The van der Waals surface area contributed by atoms with Crippen molar-refractivity contribution in [3.05, 3.63) is 75.3 Å². The summed E-state index contributed by atoms with van der Waals surface area (Å²) >= 11 is 0. The molecule has 27 heavy (non-hydrogen) atoms. The van der Waals surface area contributed by atoms with Crippen molar-refractivity contribution in [1.29, 1.82) is 0 Å². The molecule has 0 fully saturated rings. The number of carboxylic acid groups (broad SMARTS) is 1. The number of aliphatic carboxylic acids is 1. The largest absolute Gasteiger partial charge is 0.550 e. The van der Waals surface area contributed by atoms with Crippen LogP contribution >= 0.6 is 0 Å². The van der Waals surface area contributed by atoms with Crippen LogP contribution in [0.5, 0.6) is 0 Å². The highest BCUT2D eigenvalue weighted by molar-refractivity contribution is 5.94. The van der Waals surface area contributed by atoms with Crippen LogP contribution in [-0.2, 0) is 10.2 Å². The zero-order chi connectivity index (χ0) is 20.2. The van der Waals surface area contributed by atoms with Gasteiger partial charge in [0.05, 0.1) is 11.0 Å². The number of benzene rings is 2. The van der Waals surface area contributed by atoms with Gasteiger partial charge in [-0.15, -0.1) is 0 Å². The fraction of sp³-hybridized carbons (Fsp3) is 0.300. The van der Waals surface area contributed by atoms with Crippen molar-refractivity contribution in [2.45, 2.75) is 38.6 Å². The molecule has 2 aromatic rings. The molecule has 0 saturated heterocycles. The first-order valence-electron chi connectivity index (χ1n) is 8.43. The predicted molar refractivity (Wildman–Crippen MR) is 98.1 cm³/mol. The van der Waals surface area contributed by atoms with E-state index in [0.717, 1.165) is 5.56 Å². The normalized spacial score (nSPS) is 12.3. The van der Waals surface area contributed by atoms with Gasteiger partial charge >= 0.3 is 0 Å². The quantitative estimate of drug-likeness (QED) is 0.621. The van der Waals surface area contributed by atoms with Crippen molar-refractivity contribution in [3.8, 4) is 0 Å².